The van der Waals surface area contributed by atoms with Gasteiger partial charge in [-0.25, -0.2) is 4.39 Å². The van der Waals surface area contributed by atoms with Crippen molar-refractivity contribution in [3.8, 4) is 0 Å². The Morgan fingerprint density at radius 3 is 2.36 bits per heavy atom. The minimum Gasteiger partial charge on any atom is -0.356 e. The van der Waals surface area contributed by atoms with Crippen LogP contribution < -0.4 is 10.6 Å². The van der Waals surface area contributed by atoms with Crippen molar-refractivity contribution in [1.29, 1.82) is 0 Å². The number of nitrogens with zero attached hydrogens (tertiary/aromatic N) is 2. The van der Waals surface area contributed by atoms with Crippen LogP contribution in [0.1, 0.15) is 18.4 Å². The molecule has 4 atom stereocenters. The van der Waals surface area contributed by atoms with E-state index < -0.39 is 0 Å². The van der Waals surface area contributed by atoms with Crippen LogP contribution in [0.25, 0.3) is 0 Å². The van der Waals surface area contributed by atoms with Crippen LogP contribution in [0.3, 0.4) is 0 Å². The van der Waals surface area contributed by atoms with Crippen molar-refractivity contribution in [3.63, 3.8) is 0 Å². The summed E-state index contributed by atoms with van der Waals surface area (Å²) in [7, 11) is 1.68. The third-order valence-electron chi connectivity index (χ3n) is 6.01. The first-order valence-electron chi connectivity index (χ1n) is 9.81. The first kappa shape index (κ1) is 18.7. The Labute approximate surface area is 163 Å². The molecule has 2 bridgehead atoms. The number of benzene rings is 1. The number of amides is 2. The average molecular weight is 384 g/mol. The van der Waals surface area contributed by atoms with Gasteiger partial charge in [-0.3, -0.25) is 19.5 Å². The number of nitrogens with one attached hydrogen (secondary N) is 2. The molecule has 1 heterocycles. The SMILES string of the molecule is CN=C(NCCCN1C(=O)C2C3C=CC(C3)C2C1=O)NCc1ccc(F)cc1. The van der Waals surface area contributed by atoms with Gasteiger partial charge in [0.25, 0.3) is 0 Å². The highest BCUT2D eigenvalue weighted by Crippen LogP contribution is 2.52. The minimum absolute atomic E-state index is 0.00525. The van der Waals surface area contributed by atoms with Gasteiger partial charge in [0.15, 0.2) is 5.96 Å². The minimum atomic E-state index is -0.259. The van der Waals surface area contributed by atoms with Crippen LogP contribution in [-0.4, -0.2) is 42.8 Å². The fourth-order valence-electron chi connectivity index (χ4n) is 4.64. The molecule has 2 N–H and O–H groups in total. The monoisotopic (exact) mass is 384 g/mol. The third-order valence-corrected chi connectivity index (χ3v) is 6.01. The van der Waals surface area contributed by atoms with Gasteiger partial charge in [-0.15, -0.1) is 0 Å². The Morgan fingerprint density at radius 1 is 1.11 bits per heavy atom. The van der Waals surface area contributed by atoms with Crippen molar-refractivity contribution in [3.05, 3.63) is 47.8 Å². The van der Waals surface area contributed by atoms with Crippen molar-refractivity contribution in [2.75, 3.05) is 20.1 Å². The molecular formula is C21H25FN4O2. The molecule has 148 valence electrons. The summed E-state index contributed by atoms with van der Waals surface area (Å²) in [5, 5.41) is 6.35. The highest BCUT2D eigenvalue weighted by Gasteiger charge is 2.58. The van der Waals surface area contributed by atoms with Crippen LogP contribution in [0.2, 0.25) is 0 Å². The molecule has 28 heavy (non-hydrogen) atoms. The van der Waals surface area contributed by atoms with E-state index in [0.29, 0.717) is 32.0 Å². The Bertz CT molecular complexity index is 790. The molecule has 2 amide bonds. The number of carbonyl (C=O) groups excluding carboxylic acids is 2. The summed E-state index contributed by atoms with van der Waals surface area (Å²) < 4.78 is 12.9. The van der Waals surface area contributed by atoms with Gasteiger partial charge >= 0.3 is 0 Å². The Balaban J connectivity index is 1.21. The van der Waals surface area contributed by atoms with E-state index in [9.17, 15) is 14.0 Å². The maximum Gasteiger partial charge on any atom is 0.233 e. The fourth-order valence-corrected chi connectivity index (χ4v) is 4.64. The standard InChI is InChI=1S/C21H25FN4O2/c1-23-21(25-12-13-3-7-16(22)8-4-13)24-9-2-10-26-19(27)17-14-5-6-15(11-14)18(17)20(26)28/h3-8,14-15,17-18H,2,9-12H2,1H3,(H2,23,24,25). The summed E-state index contributed by atoms with van der Waals surface area (Å²) in [6.07, 6.45) is 5.84. The van der Waals surface area contributed by atoms with Crippen LogP contribution in [-0.2, 0) is 16.1 Å². The zero-order valence-corrected chi connectivity index (χ0v) is 15.9. The molecule has 1 aromatic rings. The second-order valence-corrected chi connectivity index (χ2v) is 7.66. The van der Waals surface area contributed by atoms with Gasteiger partial charge in [-0.2, -0.15) is 0 Å². The molecule has 3 aliphatic rings. The van der Waals surface area contributed by atoms with Gasteiger partial charge in [0.05, 0.1) is 11.8 Å². The number of imide groups is 1. The fraction of sp³-hybridized carbons (Fsp3) is 0.476. The lowest BCUT2D eigenvalue weighted by molar-refractivity contribution is -0.140. The quantitative estimate of drug-likeness (QED) is 0.257. The van der Waals surface area contributed by atoms with Crippen molar-refractivity contribution in [1.82, 2.24) is 15.5 Å². The number of likely N-dealkylation sites (tertiary alicyclic amines) is 1. The maximum absolute atomic E-state index is 12.9. The van der Waals surface area contributed by atoms with E-state index in [4.69, 9.17) is 0 Å². The molecule has 4 rings (SSSR count). The molecule has 1 saturated carbocycles. The van der Waals surface area contributed by atoms with Crippen LogP contribution in [0.4, 0.5) is 4.39 Å². The third kappa shape index (κ3) is 3.41. The number of carbonyl (C=O) groups is 2. The lowest BCUT2D eigenvalue weighted by Crippen LogP contribution is -2.39. The molecule has 4 unspecified atom stereocenters. The van der Waals surface area contributed by atoms with Crippen molar-refractivity contribution in [2.45, 2.75) is 19.4 Å². The van der Waals surface area contributed by atoms with Crippen molar-refractivity contribution < 1.29 is 14.0 Å². The number of allylic oxidation sites excluding steroid dienone is 2. The summed E-state index contributed by atoms with van der Waals surface area (Å²) in [4.78, 5) is 30.9. The molecule has 0 spiro atoms. The maximum atomic E-state index is 12.9. The summed E-state index contributed by atoms with van der Waals surface area (Å²) in [5.74, 6) is 0.637. The topological polar surface area (TPSA) is 73.8 Å². The van der Waals surface area contributed by atoms with Crippen molar-refractivity contribution >= 4 is 17.8 Å². The molecule has 1 aromatic carbocycles. The van der Waals surface area contributed by atoms with Crippen LogP contribution in [0, 0.1) is 29.5 Å². The Kier molecular flexibility index (Phi) is 5.15. The largest absolute Gasteiger partial charge is 0.356 e. The van der Waals surface area contributed by atoms with Crippen LogP contribution in [0.15, 0.2) is 41.4 Å². The second kappa shape index (κ2) is 7.73. The summed E-state index contributed by atoms with van der Waals surface area (Å²) in [5.41, 5.74) is 0.951. The molecule has 2 fully saturated rings. The first-order valence-corrected chi connectivity index (χ1v) is 9.81. The van der Waals surface area contributed by atoms with E-state index in [1.54, 1.807) is 19.2 Å². The highest BCUT2D eigenvalue weighted by atomic mass is 19.1. The number of halogens is 1. The molecule has 6 nitrogen and oxygen atoms in total. The molecule has 2 aliphatic carbocycles. The van der Waals surface area contributed by atoms with E-state index >= 15 is 0 Å². The number of guanidine groups is 1. The Hall–Kier alpha value is -2.70. The van der Waals surface area contributed by atoms with E-state index in [-0.39, 0.29) is 41.3 Å². The van der Waals surface area contributed by atoms with Crippen molar-refractivity contribution in [2.24, 2.45) is 28.7 Å². The van der Waals surface area contributed by atoms with Crippen LogP contribution in [0.5, 0.6) is 0 Å². The molecule has 1 aliphatic heterocycles. The van der Waals surface area contributed by atoms with Gasteiger partial charge in [0.2, 0.25) is 11.8 Å². The Morgan fingerprint density at radius 2 is 1.75 bits per heavy atom. The van der Waals surface area contributed by atoms with E-state index in [1.807, 2.05) is 0 Å². The number of hydrogen-bond acceptors (Lipinski definition) is 3. The number of rotatable bonds is 6. The number of aliphatic imine (C=N–C) groups is 1. The van der Waals surface area contributed by atoms with Gasteiger partial charge in [-0.1, -0.05) is 24.3 Å². The zero-order valence-electron chi connectivity index (χ0n) is 15.9. The number of hydrogen-bond donors (Lipinski definition) is 2. The van der Waals surface area contributed by atoms with E-state index in [0.717, 1.165) is 12.0 Å². The van der Waals surface area contributed by atoms with Gasteiger partial charge in [0, 0.05) is 26.7 Å². The molecule has 0 aromatic heterocycles. The molecule has 7 heteroatoms. The zero-order chi connectivity index (χ0) is 19.7. The van der Waals surface area contributed by atoms with E-state index in [1.165, 1.54) is 17.0 Å². The lowest BCUT2D eigenvalue weighted by atomic mass is 9.85. The number of fused-ring (bicyclic) bond motifs is 5. The lowest BCUT2D eigenvalue weighted by Gasteiger charge is -2.18. The molecular weight excluding hydrogens is 359 g/mol. The second-order valence-electron chi connectivity index (χ2n) is 7.66. The van der Waals surface area contributed by atoms with Crippen LogP contribution >= 0.6 is 0 Å². The first-order chi connectivity index (χ1) is 13.6. The highest BCUT2D eigenvalue weighted by molar-refractivity contribution is 6.06. The predicted octanol–water partition coefficient (Wildman–Crippen LogP) is 1.69. The smallest absolute Gasteiger partial charge is 0.233 e. The predicted molar refractivity (Wildman–Crippen MR) is 104 cm³/mol. The van der Waals surface area contributed by atoms with Gasteiger partial charge < -0.3 is 10.6 Å². The summed E-state index contributed by atoms with van der Waals surface area (Å²) in [6, 6.07) is 6.29. The average Bonchev–Trinajstić information content (AvgIpc) is 3.38. The van der Waals surface area contributed by atoms with Gasteiger partial charge in [-0.05, 0) is 42.4 Å². The summed E-state index contributed by atoms with van der Waals surface area (Å²) >= 11 is 0. The van der Waals surface area contributed by atoms with Gasteiger partial charge in [0.1, 0.15) is 5.82 Å². The molecule has 0 radical (unpaired) electrons. The van der Waals surface area contributed by atoms with E-state index in [2.05, 4.69) is 27.8 Å². The normalized spacial score (nSPS) is 28.2. The summed E-state index contributed by atoms with van der Waals surface area (Å²) in [6.45, 7) is 1.56. The molecule has 1 saturated heterocycles.